The number of rotatable bonds is 7. The van der Waals surface area contributed by atoms with Crippen molar-refractivity contribution < 1.29 is 0 Å². The van der Waals surface area contributed by atoms with Crippen LogP contribution in [0.15, 0.2) is 243 Å². The van der Waals surface area contributed by atoms with Crippen LogP contribution in [0, 0.1) is 0 Å². The van der Waals surface area contributed by atoms with Crippen molar-refractivity contribution in [2.45, 2.75) is 0 Å². The molecule has 0 atom stereocenters. The predicted molar refractivity (Wildman–Crippen MR) is 277 cm³/mol. The summed E-state index contributed by atoms with van der Waals surface area (Å²) in [5.74, 6) is 0. The Morgan fingerprint density at radius 1 is 0.328 bits per heavy atom. The molecule has 0 aliphatic heterocycles. The Morgan fingerprint density at radius 3 is 1.53 bits per heavy atom. The summed E-state index contributed by atoms with van der Waals surface area (Å²) in [6, 6.07) is 90.4. The largest absolute Gasteiger partial charge is 0.307 e. The number of fused-ring (bicyclic) bond motifs is 9. The third-order valence-corrected chi connectivity index (χ3v) is 19.4. The molecule has 0 amide bonds. The van der Waals surface area contributed by atoms with Crippen LogP contribution >= 0.6 is 11.3 Å². The molecule has 0 N–H and O–H groups in total. The first-order chi connectivity index (χ1) is 31.8. The number of aromatic nitrogens is 2. The van der Waals surface area contributed by atoms with Gasteiger partial charge in [0, 0.05) is 47.4 Å². The molecule has 0 spiro atoms. The quantitative estimate of drug-likeness (QED) is 0.112. The van der Waals surface area contributed by atoms with Gasteiger partial charge in [-0.3, -0.25) is 0 Å². The zero-order valence-electron chi connectivity index (χ0n) is 34.9. The van der Waals surface area contributed by atoms with Crippen molar-refractivity contribution in [2.24, 2.45) is 0 Å². The van der Waals surface area contributed by atoms with E-state index in [-0.39, 0.29) is 0 Å². The number of para-hydroxylation sites is 3. The molecule has 64 heavy (non-hydrogen) atoms. The highest BCUT2D eigenvalue weighted by molar-refractivity contribution is 7.25. The number of nitrogens with zero attached hydrogens (tertiary/aromatic N) is 2. The topological polar surface area (TPSA) is 9.86 Å². The molecule has 0 aliphatic carbocycles. The number of hydrogen-bond donors (Lipinski definition) is 0. The lowest BCUT2D eigenvalue weighted by atomic mass is 9.98. The minimum absolute atomic E-state index is 1.14. The highest BCUT2D eigenvalue weighted by atomic mass is 32.1. The summed E-state index contributed by atoms with van der Waals surface area (Å²) in [5, 5.41) is 13.1. The van der Waals surface area contributed by atoms with E-state index >= 15 is 0 Å². The van der Waals surface area contributed by atoms with Crippen molar-refractivity contribution in [2.75, 3.05) is 0 Å². The maximum Gasteiger partial charge on any atom is 0.179 e. The van der Waals surface area contributed by atoms with E-state index in [0.29, 0.717) is 0 Å². The highest BCUT2D eigenvalue weighted by Crippen LogP contribution is 2.43. The molecule has 13 rings (SSSR count). The van der Waals surface area contributed by atoms with Crippen molar-refractivity contribution in [3.05, 3.63) is 243 Å². The summed E-state index contributed by atoms with van der Waals surface area (Å²) in [7, 11) is -2.70. The Balaban J connectivity index is 1.05. The minimum Gasteiger partial charge on any atom is -0.307 e. The first kappa shape index (κ1) is 36.9. The Labute approximate surface area is 376 Å². The summed E-state index contributed by atoms with van der Waals surface area (Å²) >= 11 is 1.87. The maximum atomic E-state index is 2.51. The van der Waals surface area contributed by atoms with Crippen LogP contribution in [0.25, 0.3) is 86.3 Å². The van der Waals surface area contributed by atoms with Crippen LogP contribution < -0.4 is 20.7 Å². The molecule has 3 aromatic heterocycles. The van der Waals surface area contributed by atoms with Crippen LogP contribution in [-0.4, -0.2) is 17.2 Å². The Kier molecular flexibility index (Phi) is 8.45. The van der Waals surface area contributed by atoms with Crippen LogP contribution in [0.4, 0.5) is 0 Å². The predicted octanol–water partition coefficient (Wildman–Crippen LogP) is 13.3. The first-order valence-corrected chi connectivity index (χ1v) is 24.8. The molecule has 13 aromatic rings. The molecule has 0 fully saturated rings. The monoisotopic (exact) mass is 848 g/mol. The van der Waals surface area contributed by atoms with Gasteiger partial charge < -0.3 is 9.13 Å². The van der Waals surface area contributed by atoms with Crippen molar-refractivity contribution in [1.29, 1.82) is 0 Å². The van der Waals surface area contributed by atoms with Gasteiger partial charge in [-0.05, 0) is 86.5 Å². The molecule has 2 nitrogen and oxygen atoms in total. The zero-order chi connectivity index (χ0) is 42.2. The van der Waals surface area contributed by atoms with Gasteiger partial charge in [-0.25, -0.2) is 0 Å². The van der Waals surface area contributed by atoms with Gasteiger partial charge in [-0.2, -0.15) is 0 Å². The normalized spacial score (nSPS) is 12.1. The SMILES string of the molecule is c1ccc([Si](c2ccccc2)(c2ccccc2)c2ccc(-n3c4ccccc4c4cccc(-n5c6ccccc6c6c(-c7ccc8sc9ccccc9c8c7)cccc65)c43)cc2)cc1. The van der Waals surface area contributed by atoms with Crippen molar-refractivity contribution >= 4 is 104 Å². The van der Waals surface area contributed by atoms with Gasteiger partial charge in [0.05, 0.1) is 27.8 Å². The standard InChI is InChI=1S/C60H40N2SSi/c1-4-18-43(19-5-1)64(44-20-6-2-7-21-44,45-22-8-3-9-23-45)46-37-35-42(36-38-46)61-53-29-13-10-24-48(53)50-28-17-32-56(60(50)61)62-54-30-14-11-26-51(54)59-47(27-16-31-55(59)62)41-34-39-58-52(40-41)49-25-12-15-33-57(49)63-58/h1-40H. The Hall–Kier alpha value is -7.76. The van der Waals surface area contributed by atoms with Crippen LogP contribution in [0.2, 0.25) is 0 Å². The minimum atomic E-state index is -2.70. The smallest absolute Gasteiger partial charge is 0.179 e. The summed E-state index contributed by atoms with van der Waals surface area (Å²) in [6.07, 6.45) is 0. The lowest BCUT2D eigenvalue weighted by Gasteiger charge is -2.34. The van der Waals surface area contributed by atoms with Gasteiger partial charge in [0.2, 0.25) is 0 Å². The molecule has 0 aliphatic rings. The van der Waals surface area contributed by atoms with Crippen molar-refractivity contribution in [1.82, 2.24) is 9.13 Å². The summed E-state index contributed by atoms with van der Waals surface area (Å²) < 4.78 is 7.66. The summed E-state index contributed by atoms with van der Waals surface area (Å²) in [5.41, 5.74) is 9.53. The van der Waals surface area contributed by atoms with Crippen LogP contribution in [0.1, 0.15) is 0 Å². The second-order valence-electron chi connectivity index (χ2n) is 16.8. The maximum absolute atomic E-state index is 2.70. The zero-order valence-corrected chi connectivity index (χ0v) is 36.7. The average Bonchev–Trinajstić information content (AvgIpc) is 4.03. The van der Waals surface area contributed by atoms with Gasteiger partial charge in [0.1, 0.15) is 0 Å². The van der Waals surface area contributed by atoms with Crippen LogP contribution in [-0.2, 0) is 0 Å². The second-order valence-corrected chi connectivity index (χ2v) is 21.7. The third kappa shape index (κ3) is 5.43. The van der Waals surface area contributed by atoms with Crippen molar-refractivity contribution in [3.8, 4) is 22.5 Å². The molecule has 3 heterocycles. The fourth-order valence-electron chi connectivity index (χ4n) is 10.8. The van der Waals surface area contributed by atoms with Gasteiger partial charge in [-0.15, -0.1) is 11.3 Å². The molecule has 10 aromatic carbocycles. The molecule has 300 valence electrons. The molecule has 0 saturated heterocycles. The fraction of sp³-hybridized carbons (Fsp3) is 0. The van der Waals surface area contributed by atoms with E-state index in [1.165, 1.54) is 95.7 Å². The first-order valence-electron chi connectivity index (χ1n) is 22.0. The molecule has 0 saturated carbocycles. The molecule has 0 bridgehead atoms. The number of benzene rings is 10. The fourth-order valence-corrected chi connectivity index (χ4v) is 16.6. The van der Waals surface area contributed by atoms with Gasteiger partial charge in [-0.1, -0.05) is 188 Å². The van der Waals surface area contributed by atoms with E-state index in [2.05, 4.69) is 252 Å². The van der Waals surface area contributed by atoms with E-state index in [4.69, 9.17) is 0 Å². The molecule has 0 unspecified atom stereocenters. The van der Waals surface area contributed by atoms with Crippen LogP contribution in [0.5, 0.6) is 0 Å². The highest BCUT2D eigenvalue weighted by Gasteiger charge is 2.41. The third-order valence-electron chi connectivity index (χ3n) is 13.5. The van der Waals surface area contributed by atoms with E-state index in [9.17, 15) is 0 Å². The van der Waals surface area contributed by atoms with Crippen molar-refractivity contribution in [3.63, 3.8) is 0 Å². The van der Waals surface area contributed by atoms with Gasteiger partial charge in [0.15, 0.2) is 8.07 Å². The van der Waals surface area contributed by atoms with E-state index < -0.39 is 8.07 Å². The van der Waals surface area contributed by atoms with E-state index in [1.807, 2.05) is 11.3 Å². The lowest BCUT2D eigenvalue weighted by molar-refractivity contribution is 1.13. The second kappa shape index (κ2) is 14.7. The molecular formula is C60H40N2SSi. The van der Waals surface area contributed by atoms with E-state index in [1.54, 1.807) is 0 Å². The lowest BCUT2D eigenvalue weighted by Crippen LogP contribution is -2.74. The summed E-state index contributed by atoms with van der Waals surface area (Å²) in [6.45, 7) is 0. The molecular weight excluding hydrogens is 809 g/mol. The number of hydrogen-bond acceptors (Lipinski definition) is 1. The average molecular weight is 849 g/mol. The molecule has 4 heteroatoms. The van der Waals surface area contributed by atoms with Gasteiger partial charge >= 0.3 is 0 Å². The van der Waals surface area contributed by atoms with Gasteiger partial charge in [0.25, 0.3) is 0 Å². The van der Waals surface area contributed by atoms with E-state index in [0.717, 1.165) is 11.4 Å². The Morgan fingerprint density at radius 2 is 0.844 bits per heavy atom. The Bertz CT molecular complexity index is 3790. The molecule has 0 radical (unpaired) electrons. The number of thiophene rings is 1. The summed E-state index contributed by atoms with van der Waals surface area (Å²) in [4.78, 5) is 0. The van der Waals surface area contributed by atoms with Crippen LogP contribution in [0.3, 0.4) is 0 Å².